The van der Waals surface area contributed by atoms with Gasteiger partial charge >= 0.3 is 0 Å². The summed E-state index contributed by atoms with van der Waals surface area (Å²) in [4.78, 5) is 0. The highest BCUT2D eigenvalue weighted by atomic mass is 16.5. The van der Waals surface area contributed by atoms with Gasteiger partial charge in [-0.1, -0.05) is 64.7 Å². The molecule has 1 aliphatic heterocycles. The predicted molar refractivity (Wildman–Crippen MR) is 86.2 cm³/mol. The molecule has 4 nitrogen and oxygen atoms in total. The highest BCUT2D eigenvalue weighted by molar-refractivity contribution is 4.92. The summed E-state index contributed by atoms with van der Waals surface area (Å²) in [5.41, 5.74) is -0.622. The maximum atomic E-state index is 9.28. The van der Waals surface area contributed by atoms with Gasteiger partial charge in [-0.2, -0.15) is 0 Å². The number of aliphatic hydroxyl groups is 2. The van der Waals surface area contributed by atoms with Gasteiger partial charge in [0.1, 0.15) is 6.23 Å². The molecule has 0 aromatic rings. The van der Waals surface area contributed by atoms with Crippen molar-refractivity contribution >= 4 is 0 Å². The number of hydrogen-bond acceptors (Lipinski definition) is 4. The lowest BCUT2D eigenvalue weighted by atomic mass is 10.0. The van der Waals surface area contributed by atoms with Crippen LogP contribution in [0, 0.1) is 0 Å². The summed E-state index contributed by atoms with van der Waals surface area (Å²) in [6.07, 6.45) is 14.3. The molecule has 21 heavy (non-hydrogen) atoms. The molecule has 0 aromatic carbocycles. The monoisotopic (exact) mass is 301 g/mol. The summed E-state index contributed by atoms with van der Waals surface area (Å²) in [5.74, 6) is 0. The number of unbranched alkanes of at least 4 members (excludes halogenated alkanes) is 9. The van der Waals surface area contributed by atoms with Crippen molar-refractivity contribution in [3.63, 3.8) is 0 Å². The average molecular weight is 301 g/mol. The second-order valence-corrected chi connectivity index (χ2v) is 6.51. The molecule has 1 rings (SSSR count). The van der Waals surface area contributed by atoms with E-state index in [1.807, 2.05) is 0 Å². The minimum Gasteiger partial charge on any atom is -0.394 e. The van der Waals surface area contributed by atoms with E-state index in [2.05, 4.69) is 12.2 Å². The fourth-order valence-electron chi connectivity index (χ4n) is 2.89. The molecule has 0 amide bonds. The van der Waals surface area contributed by atoms with Crippen LogP contribution in [0.5, 0.6) is 0 Å². The summed E-state index contributed by atoms with van der Waals surface area (Å²) in [7, 11) is 0. The van der Waals surface area contributed by atoms with Crippen LogP contribution in [-0.4, -0.2) is 41.8 Å². The number of rotatable bonds is 13. The fraction of sp³-hybridized carbons (Fsp3) is 1.00. The van der Waals surface area contributed by atoms with Crippen LogP contribution in [0.25, 0.3) is 0 Å². The second-order valence-electron chi connectivity index (χ2n) is 6.51. The molecule has 126 valence electrons. The van der Waals surface area contributed by atoms with Crippen molar-refractivity contribution in [2.24, 2.45) is 0 Å². The van der Waals surface area contributed by atoms with E-state index in [1.165, 1.54) is 57.8 Å². The first kappa shape index (κ1) is 18.9. The second kappa shape index (κ2) is 11.4. The molecule has 1 fully saturated rings. The molecule has 0 aromatic heterocycles. The Morgan fingerprint density at radius 1 is 0.905 bits per heavy atom. The summed E-state index contributed by atoms with van der Waals surface area (Å²) in [6, 6.07) is 0. The molecule has 0 spiro atoms. The number of nitrogens with one attached hydrogen (secondary N) is 1. The third-order valence-electron chi connectivity index (χ3n) is 4.45. The van der Waals surface area contributed by atoms with Crippen molar-refractivity contribution in [1.82, 2.24) is 5.32 Å². The molecule has 0 saturated carbocycles. The summed E-state index contributed by atoms with van der Waals surface area (Å²) in [6.45, 7) is 2.52. The lowest BCUT2D eigenvalue weighted by Gasteiger charge is -2.23. The van der Waals surface area contributed by atoms with Gasteiger partial charge < -0.3 is 14.9 Å². The van der Waals surface area contributed by atoms with Crippen LogP contribution in [0.1, 0.15) is 77.6 Å². The van der Waals surface area contributed by atoms with E-state index in [4.69, 9.17) is 4.74 Å². The zero-order valence-electron chi connectivity index (χ0n) is 13.8. The molecule has 0 aliphatic carbocycles. The summed E-state index contributed by atoms with van der Waals surface area (Å²) < 4.78 is 5.60. The number of aliphatic hydroxyl groups excluding tert-OH is 2. The third-order valence-corrected chi connectivity index (χ3v) is 4.45. The van der Waals surface area contributed by atoms with Crippen LogP contribution in [-0.2, 0) is 4.74 Å². The quantitative estimate of drug-likeness (QED) is 0.458. The molecule has 0 bridgehead atoms. The van der Waals surface area contributed by atoms with Crippen molar-refractivity contribution in [3.05, 3.63) is 0 Å². The van der Waals surface area contributed by atoms with E-state index in [0.29, 0.717) is 6.61 Å². The molecule has 4 heteroatoms. The van der Waals surface area contributed by atoms with Crippen LogP contribution in [0.2, 0.25) is 0 Å². The van der Waals surface area contributed by atoms with Gasteiger partial charge in [-0.25, -0.2) is 0 Å². The number of hydrogen-bond donors (Lipinski definition) is 3. The Kier molecular flexibility index (Phi) is 10.3. The van der Waals surface area contributed by atoms with Crippen molar-refractivity contribution in [2.45, 2.75) is 89.3 Å². The molecule has 1 saturated heterocycles. The Bertz CT molecular complexity index is 244. The average Bonchev–Trinajstić information content (AvgIpc) is 2.93. The molecule has 1 aliphatic rings. The van der Waals surface area contributed by atoms with Crippen molar-refractivity contribution in [3.8, 4) is 0 Å². The minimum absolute atomic E-state index is 0.00153. The standard InChI is InChI=1S/C17H35NO3/c1-2-3-4-5-6-7-8-9-10-11-12-16-18-17(13-19,14-20)15-21-16/h16,18-20H,2-15H2,1H3. The lowest BCUT2D eigenvalue weighted by Crippen LogP contribution is -2.51. The van der Waals surface area contributed by atoms with Crippen molar-refractivity contribution < 1.29 is 14.9 Å². The predicted octanol–water partition coefficient (Wildman–Crippen LogP) is 2.97. The van der Waals surface area contributed by atoms with Gasteiger partial charge in [-0.05, 0) is 12.8 Å². The molecule has 0 radical (unpaired) electrons. The van der Waals surface area contributed by atoms with Crippen LogP contribution >= 0.6 is 0 Å². The van der Waals surface area contributed by atoms with Crippen LogP contribution in [0.3, 0.4) is 0 Å². The Hall–Kier alpha value is -0.160. The molecule has 3 N–H and O–H groups in total. The summed E-state index contributed by atoms with van der Waals surface area (Å²) in [5, 5.41) is 21.8. The van der Waals surface area contributed by atoms with E-state index < -0.39 is 5.54 Å². The van der Waals surface area contributed by atoms with Gasteiger partial charge in [0.2, 0.25) is 0 Å². The first-order chi connectivity index (χ1) is 10.3. The molecule has 1 heterocycles. The van der Waals surface area contributed by atoms with Gasteiger partial charge in [-0.15, -0.1) is 0 Å². The zero-order valence-corrected chi connectivity index (χ0v) is 13.8. The van der Waals surface area contributed by atoms with Crippen LogP contribution in [0.15, 0.2) is 0 Å². The van der Waals surface area contributed by atoms with Gasteiger partial charge in [0.15, 0.2) is 0 Å². The fourth-order valence-corrected chi connectivity index (χ4v) is 2.89. The van der Waals surface area contributed by atoms with E-state index >= 15 is 0 Å². The Balaban J connectivity index is 1.89. The van der Waals surface area contributed by atoms with Gasteiger partial charge in [0.05, 0.1) is 25.4 Å². The Labute approximate surface area is 130 Å². The maximum Gasteiger partial charge on any atom is 0.108 e. The van der Waals surface area contributed by atoms with Crippen LogP contribution in [0.4, 0.5) is 0 Å². The van der Waals surface area contributed by atoms with Crippen molar-refractivity contribution in [2.75, 3.05) is 19.8 Å². The van der Waals surface area contributed by atoms with Gasteiger partial charge in [0.25, 0.3) is 0 Å². The van der Waals surface area contributed by atoms with E-state index in [9.17, 15) is 10.2 Å². The smallest absolute Gasteiger partial charge is 0.108 e. The maximum absolute atomic E-state index is 9.28. The largest absolute Gasteiger partial charge is 0.394 e. The number of ether oxygens (including phenoxy) is 1. The first-order valence-corrected chi connectivity index (χ1v) is 8.87. The first-order valence-electron chi connectivity index (χ1n) is 8.87. The van der Waals surface area contributed by atoms with E-state index in [-0.39, 0.29) is 19.4 Å². The molecular formula is C17H35NO3. The molecule has 1 atom stereocenters. The molecule has 1 unspecified atom stereocenters. The minimum atomic E-state index is -0.622. The third kappa shape index (κ3) is 7.59. The molecular weight excluding hydrogens is 266 g/mol. The lowest BCUT2D eigenvalue weighted by molar-refractivity contribution is 0.0724. The normalized spacial score (nSPS) is 21.0. The zero-order chi connectivity index (χ0) is 15.4. The van der Waals surface area contributed by atoms with Gasteiger partial charge in [0, 0.05) is 0 Å². The Morgan fingerprint density at radius 3 is 1.90 bits per heavy atom. The summed E-state index contributed by atoms with van der Waals surface area (Å²) >= 11 is 0. The highest BCUT2D eigenvalue weighted by Gasteiger charge is 2.38. The van der Waals surface area contributed by atoms with Crippen LogP contribution < -0.4 is 5.32 Å². The highest BCUT2D eigenvalue weighted by Crippen LogP contribution is 2.19. The van der Waals surface area contributed by atoms with Gasteiger partial charge in [-0.3, -0.25) is 5.32 Å². The van der Waals surface area contributed by atoms with E-state index in [0.717, 1.165) is 12.8 Å². The SMILES string of the molecule is CCCCCCCCCCCCC1NC(CO)(CO)CO1. The Morgan fingerprint density at radius 2 is 1.43 bits per heavy atom. The van der Waals surface area contributed by atoms with E-state index in [1.54, 1.807) is 0 Å². The topological polar surface area (TPSA) is 61.7 Å². The van der Waals surface area contributed by atoms with Crippen molar-refractivity contribution in [1.29, 1.82) is 0 Å².